The zero-order valence-corrected chi connectivity index (χ0v) is 23.0. The van der Waals surface area contributed by atoms with E-state index in [-0.39, 0.29) is 17.4 Å². The zero-order chi connectivity index (χ0) is 27.5. The van der Waals surface area contributed by atoms with E-state index in [0.29, 0.717) is 49.4 Å². The number of nitrogens with zero attached hydrogens (tertiary/aromatic N) is 4. The second-order valence-electron chi connectivity index (χ2n) is 11.8. The molecule has 0 spiro atoms. The minimum atomic E-state index is -1.00. The Bertz CT molecular complexity index is 1350. The molecular formula is C31H39F2N5O2. The van der Waals surface area contributed by atoms with Crippen molar-refractivity contribution >= 4 is 5.95 Å². The van der Waals surface area contributed by atoms with Gasteiger partial charge in [0.2, 0.25) is 5.95 Å². The zero-order valence-electron chi connectivity index (χ0n) is 23.0. The van der Waals surface area contributed by atoms with E-state index in [1.807, 2.05) is 0 Å². The van der Waals surface area contributed by atoms with Crippen LogP contribution in [0.15, 0.2) is 41.5 Å². The largest absolute Gasteiger partial charge is 0.381 e. The van der Waals surface area contributed by atoms with Crippen molar-refractivity contribution in [1.82, 2.24) is 19.1 Å². The Morgan fingerprint density at radius 1 is 0.850 bits per heavy atom. The maximum Gasteiger partial charge on any atom is 0.333 e. The summed E-state index contributed by atoms with van der Waals surface area (Å²) in [6.45, 7) is 1.15. The smallest absolute Gasteiger partial charge is 0.333 e. The van der Waals surface area contributed by atoms with Gasteiger partial charge in [-0.05, 0) is 68.6 Å². The normalized spacial score (nSPS) is 23.1. The number of aromatic nitrogens is 4. The molecule has 6 rings (SSSR count). The Morgan fingerprint density at radius 3 is 2.30 bits per heavy atom. The van der Waals surface area contributed by atoms with Crippen LogP contribution >= 0.6 is 0 Å². The highest BCUT2D eigenvalue weighted by molar-refractivity contribution is 5.59. The van der Waals surface area contributed by atoms with E-state index >= 15 is 0 Å². The summed E-state index contributed by atoms with van der Waals surface area (Å²) in [5.74, 6) is 0.288. The summed E-state index contributed by atoms with van der Waals surface area (Å²) in [4.78, 5) is 22.9. The van der Waals surface area contributed by atoms with Gasteiger partial charge in [-0.3, -0.25) is 9.13 Å². The number of anilines is 1. The molecule has 3 aliphatic rings. The van der Waals surface area contributed by atoms with Crippen LogP contribution < -0.4 is 11.0 Å². The van der Waals surface area contributed by atoms with Crippen molar-refractivity contribution in [3.63, 3.8) is 0 Å². The van der Waals surface area contributed by atoms with Gasteiger partial charge in [0.25, 0.3) is 0 Å². The first-order valence-corrected chi connectivity index (χ1v) is 15.0. The summed E-state index contributed by atoms with van der Waals surface area (Å²) in [6.07, 6.45) is 17.9. The number of rotatable bonds is 6. The van der Waals surface area contributed by atoms with E-state index in [4.69, 9.17) is 9.72 Å². The molecule has 0 unspecified atom stereocenters. The van der Waals surface area contributed by atoms with Gasteiger partial charge in [0, 0.05) is 43.8 Å². The average Bonchev–Trinajstić information content (AvgIpc) is 3.13. The predicted molar refractivity (Wildman–Crippen MR) is 151 cm³/mol. The Labute approximate surface area is 234 Å². The van der Waals surface area contributed by atoms with Crippen LogP contribution in [0.25, 0.3) is 17.1 Å². The van der Waals surface area contributed by atoms with Crippen LogP contribution in [0, 0.1) is 23.5 Å². The Morgan fingerprint density at radius 2 is 1.57 bits per heavy atom. The Balaban J connectivity index is 1.24. The maximum absolute atomic E-state index is 14.2. The molecule has 2 saturated carbocycles. The average molecular weight is 552 g/mol. The summed E-state index contributed by atoms with van der Waals surface area (Å²) in [5.41, 5.74) is 1.02. The predicted octanol–water partition coefficient (Wildman–Crippen LogP) is 6.67. The minimum Gasteiger partial charge on any atom is -0.381 e. The molecule has 1 saturated heterocycles. The minimum absolute atomic E-state index is 0.0328. The van der Waals surface area contributed by atoms with Gasteiger partial charge in [0.15, 0.2) is 11.6 Å². The van der Waals surface area contributed by atoms with Gasteiger partial charge >= 0.3 is 5.69 Å². The molecule has 3 heterocycles. The summed E-state index contributed by atoms with van der Waals surface area (Å²) in [5, 5.41) is 3.54. The summed E-state index contributed by atoms with van der Waals surface area (Å²) in [6, 6.07) is 5.57. The first-order chi connectivity index (χ1) is 19.6. The first-order valence-electron chi connectivity index (χ1n) is 15.0. The number of imidazole rings is 1. The van der Waals surface area contributed by atoms with Gasteiger partial charge < -0.3 is 10.1 Å². The monoisotopic (exact) mass is 551 g/mol. The van der Waals surface area contributed by atoms with Gasteiger partial charge in [-0.1, -0.05) is 38.5 Å². The van der Waals surface area contributed by atoms with Crippen LogP contribution in [0.5, 0.6) is 0 Å². The fourth-order valence-electron chi connectivity index (χ4n) is 7.01. The van der Waals surface area contributed by atoms with Crippen LogP contribution in [-0.2, 0) is 4.74 Å². The Hall–Kier alpha value is -3.07. The summed E-state index contributed by atoms with van der Waals surface area (Å²) >= 11 is 0. The number of ether oxygens (including phenoxy) is 1. The summed E-state index contributed by atoms with van der Waals surface area (Å²) < 4.78 is 36.6. The lowest BCUT2D eigenvalue weighted by molar-refractivity contribution is 0.0686. The summed E-state index contributed by atoms with van der Waals surface area (Å²) in [7, 11) is 0. The molecule has 1 N–H and O–H groups in total. The van der Waals surface area contributed by atoms with Crippen molar-refractivity contribution in [1.29, 1.82) is 0 Å². The molecule has 0 radical (unpaired) electrons. The number of hydrogen-bond donors (Lipinski definition) is 1. The highest BCUT2D eigenvalue weighted by Gasteiger charge is 2.29. The van der Waals surface area contributed by atoms with Crippen molar-refractivity contribution < 1.29 is 13.5 Å². The maximum atomic E-state index is 14.2. The van der Waals surface area contributed by atoms with E-state index in [1.54, 1.807) is 23.0 Å². The third-order valence-electron chi connectivity index (χ3n) is 9.25. The topological polar surface area (TPSA) is 74.0 Å². The van der Waals surface area contributed by atoms with Gasteiger partial charge in [-0.15, -0.1) is 0 Å². The Kier molecular flexibility index (Phi) is 8.27. The highest BCUT2D eigenvalue weighted by atomic mass is 19.2. The fourth-order valence-corrected chi connectivity index (χ4v) is 7.01. The van der Waals surface area contributed by atoms with E-state index in [0.717, 1.165) is 36.8 Å². The van der Waals surface area contributed by atoms with Gasteiger partial charge in [0.05, 0.1) is 17.1 Å². The number of benzene rings is 1. The van der Waals surface area contributed by atoms with Crippen LogP contribution in [-0.4, -0.2) is 38.4 Å². The van der Waals surface area contributed by atoms with Gasteiger partial charge in [-0.2, -0.15) is 0 Å². The van der Waals surface area contributed by atoms with Crippen LogP contribution in [0.2, 0.25) is 0 Å². The quantitative estimate of drug-likeness (QED) is 0.347. The van der Waals surface area contributed by atoms with Crippen molar-refractivity contribution in [2.75, 3.05) is 18.5 Å². The molecule has 40 heavy (non-hydrogen) atoms. The van der Waals surface area contributed by atoms with E-state index in [9.17, 15) is 13.6 Å². The molecule has 1 aliphatic heterocycles. The molecule has 2 aliphatic carbocycles. The van der Waals surface area contributed by atoms with Crippen molar-refractivity contribution in [3.8, 4) is 17.1 Å². The third-order valence-corrected chi connectivity index (χ3v) is 9.25. The first kappa shape index (κ1) is 27.1. The second kappa shape index (κ2) is 12.2. The van der Waals surface area contributed by atoms with Crippen LogP contribution in [0.3, 0.4) is 0 Å². The van der Waals surface area contributed by atoms with Crippen molar-refractivity contribution in [3.05, 3.63) is 58.8 Å². The molecule has 0 bridgehead atoms. The lowest BCUT2D eigenvalue weighted by atomic mass is 9.75. The second-order valence-corrected chi connectivity index (χ2v) is 11.8. The lowest BCUT2D eigenvalue weighted by Crippen LogP contribution is -2.30. The molecule has 214 valence electrons. The number of hydrogen-bond acceptors (Lipinski definition) is 5. The highest BCUT2D eigenvalue weighted by Crippen LogP contribution is 2.38. The SMILES string of the molecule is O=c1n(C2CCOCC2)cc(-c2ccnc(NC3CCC(C4CCCCCC4)CC3)n2)n1-c1ccc(F)c(F)c1. The van der Waals surface area contributed by atoms with Gasteiger partial charge in [0.1, 0.15) is 0 Å². The molecule has 3 fully saturated rings. The van der Waals surface area contributed by atoms with E-state index in [2.05, 4.69) is 10.3 Å². The van der Waals surface area contributed by atoms with Gasteiger partial charge in [-0.25, -0.2) is 23.5 Å². The molecular weight excluding hydrogens is 512 g/mol. The molecule has 2 aromatic heterocycles. The molecule has 1 aromatic carbocycles. The molecule has 9 heteroatoms. The van der Waals surface area contributed by atoms with Crippen LogP contribution in [0.1, 0.15) is 83.1 Å². The standard InChI is InChI=1S/C31H39F2N5O2/c32-26-12-11-25(19-27(26)33)38-29(20-37(31(38)39)24-14-17-40-18-15-24)28-13-16-34-30(36-28)35-23-9-7-22(8-10-23)21-5-3-1-2-4-6-21/h11-13,16,19-24H,1-10,14-15,17-18H2,(H,34,35,36). The number of nitrogens with one attached hydrogen (secondary N) is 1. The molecule has 3 aromatic rings. The van der Waals surface area contributed by atoms with E-state index < -0.39 is 11.6 Å². The lowest BCUT2D eigenvalue weighted by Gasteiger charge is -2.34. The molecule has 0 atom stereocenters. The molecule has 7 nitrogen and oxygen atoms in total. The number of halogens is 2. The van der Waals surface area contributed by atoms with Crippen molar-refractivity contribution in [2.24, 2.45) is 11.8 Å². The third kappa shape index (κ3) is 5.85. The van der Waals surface area contributed by atoms with E-state index in [1.165, 1.54) is 62.0 Å². The molecule has 0 amide bonds. The van der Waals surface area contributed by atoms with Crippen LogP contribution in [0.4, 0.5) is 14.7 Å². The fraction of sp³-hybridized carbons (Fsp3) is 0.581. The van der Waals surface area contributed by atoms with Crippen molar-refractivity contribution in [2.45, 2.75) is 89.1 Å².